The third-order valence-electron chi connectivity index (χ3n) is 2.72. The molecule has 1 aromatic heterocycles. The van der Waals surface area contributed by atoms with Gasteiger partial charge in [0.2, 0.25) is 0 Å². The standard InChI is InChI=1S/C17H11N.Pt/c1-3-8-14(9-4-1)16-12-7-13-17(18-16)15-10-5-2-6-11-15;/h1-8,10,12-13H;/q-2;+2. The van der Waals surface area contributed by atoms with Gasteiger partial charge in [0, 0.05) is 0 Å². The Hall–Kier alpha value is -1.72. The number of hydrogen-bond acceptors (Lipinski definition) is 1. The molecule has 0 aliphatic carbocycles. The van der Waals surface area contributed by atoms with Gasteiger partial charge in [0.05, 0.1) is 0 Å². The Morgan fingerprint density at radius 3 is 1.58 bits per heavy atom. The Bertz CT molecular complexity index is 581. The number of hydrogen-bond donors (Lipinski definition) is 0. The minimum absolute atomic E-state index is 0. The van der Waals surface area contributed by atoms with Gasteiger partial charge >= 0.3 is 21.1 Å². The molecule has 1 nitrogen and oxygen atoms in total. The van der Waals surface area contributed by atoms with Crippen LogP contribution in [0.4, 0.5) is 0 Å². The molecule has 0 fully saturated rings. The number of aromatic nitrogens is 1. The molecule has 0 spiro atoms. The van der Waals surface area contributed by atoms with Crippen molar-refractivity contribution >= 4 is 0 Å². The molecule has 0 aliphatic rings. The molecule has 3 rings (SSSR count). The van der Waals surface area contributed by atoms with Gasteiger partial charge < -0.3 is 4.98 Å². The van der Waals surface area contributed by atoms with Crippen molar-refractivity contribution in [2.45, 2.75) is 0 Å². The molecule has 2 heteroatoms. The summed E-state index contributed by atoms with van der Waals surface area (Å²) >= 11 is 0. The van der Waals surface area contributed by atoms with Gasteiger partial charge in [-0.2, -0.15) is 0 Å². The first-order valence-corrected chi connectivity index (χ1v) is 5.85. The maximum absolute atomic E-state index is 4.65. The van der Waals surface area contributed by atoms with E-state index in [0.29, 0.717) is 0 Å². The predicted molar refractivity (Wildman–Crippen MR) is 72.8 cm³/mol. The van der Waals surface area contributed by atoms with Crippen LogP contribution in [0.2, 0.25) is 0 Å². The summed E-state index contributed by atoms with van der Waals surface area (Å²) in [5, 5.41) is 0. The molecule has 0 saturated carbocycles. The number of benzene rings is 2. The van der Waals surface area contributed by atoms with E-state index in [4.69, 9.17) is 0 Å². The first-order valence-electron chi connectivity index (χ1n) is 5.85. The second-order valence-corrected chi connectivity index (χ2v) is 3.96. The molecule has 0 amide bonds. The van der Waals surface area contributed by atoms with Crippen LogP contribution in [0.25, 0.3) is 22.5 Å². The summed E-state index contributed by atoms with van der Waals surface area (Å²) < 4.78 is 0. The molecular formula is C17H11NPt. The van der Waals surface area contributed by atoms with E-state index in [1.165, 1.54) is 0 Å². The van der Waals surface area contributed by atoms with Gasteiger partial charge in [0.25, 0.3) is 0 Å². The van der Waals surface area contributed by atoms with Crippen molar-refractivity contribution < 1.29 is 21.1 Å². The summed E-state index contributed by atoms with van der Waals surface area (Å²) in [7, 11) is 0. The van der Waals surface area contributed by atoms with Crippen LogP contribution in [0, 0.1) is 12.1 Å². The fourth-order valence-electron chi connectivity index (χ4n) is 1.84. The fraction of sp³-hybridized carbons (Fsp3) is 0. The van der Waals surface area contributed by atoms with Crippen LogP contribution in [0.3, 0.4) is 0 Å². The zero-order valence-corrected chi connectivity index (χ0v) is 12.4. The van der Waals surface area contributed by atoms with Crippen molar-refractivity contribution in [2.24, 2.45) is 0 Å². The minimum atomic E-state index is 0. The normalized spacial score (nSPS) is 9.68. The molecule has 1 heterocycles. The molecule has 94 valence electrons. The van der Waals surface area contributed by atoms with Crippen molar-refractivity contribution in [2.75, 3.05) is 0 Å². The smallest absolute Gasteiger partial charge is 0.345 e. The van der Waals surface area contributed by atoms with E-state index in [-0.39, 0.29) is 21.1 Å². The first-order chi connectivity index (χ1) is 8.93. The zero-order chi connectivity index (χ0) is 12.2. The summed E-state index contributed by atoms with van der Waals surface area (Å²) in [4.78, 5) is 4.65. The van der Waals surface area contributed by atoms with Gasteiger partial charge in [-0.05, 0) is 11.4 Å². The van der Waals surface area contributed by atoms with Crippen LogP contribution in [0.15, 0.2) is 66.7 Å². The summed E-state index contributed by atoms with van der Waals surface area (Å²) in [6, 6.07) is 28.1. The van der Waals surface area contributed by atoms with Crippen molar-refractivity contribution in [3.05, 3.63) is 78.9 Å². The number of pyridine rings is 1. The van der Waals surface area contributed by atoms with Crippen LogP contribution in [0.1, 0.15) is 0 Å². The van der Waals surface area contributed by atoms with Gasteiger partial charge in [-0.3, -0.25) is 0 Å². The van der Waals surface area contributed by atoms with Gasteiger partial charge in [-0.25, -0.2) is 0 Å². The Morgan fingerprint density at radius 2 is 1.16 bits per heavy atom. The summed E-state index contributed by atoms with van der Waals surface area (Å²) in [5.41, 5.74) is 3.89. The summed E-state index contributed by atoms with van der Waals surface area (Å²) in [6.07, 6.45) is 0. The molecule has 0 radical (unpaired) electrons. The van der Waals surface area contributed by atoms with E-state index in [9.17, 15) is 0 Å². The summed E-state index contributed by atoms with van der Waals surface area (Å²) in [6.45, 7) is 0. The van der Waals surface area contributed by atoms with E-state index in [0.717, 1.165) is 22.5 Å². The van der Waals surface area contributed by atoms with Gasteiger partial charge in [-0.15, -0.1) is 71.8 Å². The van der Waals surface area contributed by atoms with Gasteiger partial charge in [0.1, 0.15) is 0 Å². The second-order valence-electron chi connectivity index (χ2n) is 3.96. The van der Waals surface area contributed by atoms with E-state index < -0.39 is 0 Å². The van der Waals surface area contributed by atoms with E-state index >= 15 is 0 Å². The van der Waals surface area contributed by atoms with Crippen LogP contribution in [-0.4, -0.2) is 4.98 Å². The third-order valence-corrected chi connectivity index (χ3v) is 2.72. The molecule has 19 heavy (non-hydrogen) atoms. The Labute approximate surface area is 127 Å². The molecule has 0 unspecified atom stereocenters. The molecule has 3 aromatic rings. The summed E-state index contributed by atoms with van der Waals surface area (Å²) in [5.74, 6) is 0. The average molecular weight is 424 g/mol. The SMILES string of the molecule is [Pt+2].[c-]1ccccc1-c1cccc(-c2[c-]cccc2)n1. The molecular weight excluding hydrogens is 413 g/mol. The predicted octanol–water partition coefficient (Wildman–Crippen LogP) is 4.01. The van der Waals surface area contributed by atoms with Crippen LogP contribution in [-0.2, 0) is 21.1 Å². The maximum Gasteiger partial charge on any atom is 2.00 e. The monoisotopic (exact) mass is 424 g/mol. The van der Waals surface area contributed by atoms with Gasteiger partial charge in [-0.1, -0.05) is 18.2 Å². The third kappa shape index (κ3) is 3.19. The quantitative estimate of drug-likeness (QED) is 0.567. The van der Waals surface area contributed by atoms with Crippen molar-refractivity contribution in [1.82, 2.24) is 4.98 Å². The topological polar surface area (TPSA) is 12.9 Å². The van der Waals surface area contributed by atoms with E-state index in [1.54, 1.807) is 0 Å². The molecule has 0 aliphatic heterocycles. The first kappa shape index (κ1) is 13.7. The largest absolute Gasteiger partial charge is 2.00 e. The van der Waals surface area contributed by atoms with Crippen LogP contribution in [0.5, 0.6) is 0 Å². The Balaban J connectivity index is 0.00000133. The Kier molecular flexibility index (Phi) is 4.65. The van der Waals surface area contributed by atoms with E-state index in [1.807, 2.05) is 66.7 Å². The van der Waals surface area contributed by atoms with Crippen molar-refractivity contribution in [1.29, 1.82) is 0 Å². The molecule has 0 bridgehead atoms. The zero-order valence-electron chi connectivity index (χ0n) is 10.1. The average Bonchev–Trinajstić information content (AvgIpc) is 2.49. The second kappa shape index (κ2) is 6.45. The molecule has 2 aromatic carbocycles. The molecule has 0 atom stereocenters. The van der Waals surface area contributed by atoms with Crippen LogP contribution < -0.4 is 0 Å². The van der Waals surface area contributed by atoms with Crippen molar-refractivity contribution in [3.8, 4) is 22.5 Å². The number of rotatable bonds is 2. The molecule has 0 saturated heterocycles. The van der Waals surface area contributed by atoms with Crippen molar-refractivity contribution in [3.63, 3.8) is 0 Å². The minimum Gasteiger partial charge on any atom is -0.345 e. The van der Waals surface area contributed by atoms with Gasteiger partial charge in [0.15, 0.2) is 0 Å². The number of nitrogens with zero attached hydrogens (tertiary/aromatic N) is 1. The van der Waals surface area contributed by atoms with E-state index in [2.05, 4.69) is 17.1 Å². The molecule has 0 N–H and O–H groups in total. The Morgan fingerprint density at radius 1 is 0.632 bits per heavy atom. The van der Waals surface area contributed by atoms with Crippen LogP contribution >= 0.6 is 0 Å². The maximum atomic E-state index is 4.65. The fourth-order valence-corrected chi connectivity index (χ4v) is 1.84.